The second-order valence-electron chi connectivity index (χ2n) is 6.59. The molecular formula is C21H15F3N4O3S. The number of aromatic nitrogens is 3. The predicted molar refractivity (Wildman–Crippen MR) is 111 cm³/mol. The molecule has 32 heavy (non-hydrogen) atoms. The number of sulfonamides is 1. The first-order valence-electron chi connectivity index (χ1n) is 9.13. The van der Waals surface area contributed by atoms with E-state index >= 15 is 0 Å². The van der Waals surface area contributed by atoms with Crippen LogP contribution in [0.2, 0.25) is 0 Å². The second kappa shape index (κ2) is 8.08. The van der Waals surface area contributed by atoms with Crippen molar-refractivity contribution in [1.82, 2.24) is 15.0 Å². The van der Waals surface area contributed by atoms with Gasteiger partial charge in [-0.2, -0.15) is 17.5 Å². The standard InChI is InChI=1S/C21H15F3N4O3S/c1-31-19-12-16(21(22,23)24)4-6-18(19)28(20-26-8-2-9-27-20)32(29,30)17-5-3-15-13-25-10-7-14(15)11-17/h2-13H,1H3. The number of hydrogen-bond donors (Lipinski definition) is 0. The lowest BCUT2D eigenvalue weighted by atomic mass is 10.2. The smallest absolute Gasteiger partial charge is 0.416 e. The van der Waals surface area contributed by atoms with Gasteiger partial charge in [0.2, 0.25) is 5.95 Å². The van der Waals surface area contributed by atoms with Crippen LogP contribution >= 0.6 is 0 Å². The maximum absolute atomic E-state index is 13.7. The van der Waals surface area contributed by atoms with E-state index in [0.717, 1.165) is 35.0 Å². The number of alkyl halides is 3. The predicted octanol–water partition coefficient (Wildman–Crippen LogP) is 4.58. The van der Waals surface area contributed by atoms with E-state index in [-0.39, 0.29) is 22.3 Å². The van der Waals surface area contributed by atoms with E-state index in [0.29, 0.717) is 5.39 Å². The Hall–Kier alpha value is -3.73. The Kier molecular flexibility index (Phi) is 5.43. The van der Waals surface area contributed by atoms with Crippen LogP contribution in [0.5, 0.6) is 5.75 Å². The number of benzene rings is 2. The van der Waals surface area contributed by atoms with Crippen molar-refractivity contribution in [1.29, 1.82) is 0 Å². The molecule has 0 fully saturated rings. The zero-order valence-corrected chi connectivity index (χ0v) is 17.3. The molecule has 0 saturated carbocycles. The Morgan fingerprint density at radius 3 is 2.38 bits per heavy atom. The Balaban J connectivity index is 1.94. The normalized spacial score (nSPS) is 12.0. The summed E-state index contributed by atoms with van der Waals surface area (Å²) in [6.45, 7) is 0. The highest BCUT2D eigenvalue weighted by molar-refractivity contribution is 7.93. The molecule has 0 aliphatic heterocycles. The number of methoxy groups -OCH3 is 1. The summed E-state index contributed by atoms with van der Waals surface area (Å²) in [5.41, 5.74) is -1.15. The molecule has 4 aromatic rings. The first-order valence-corrected chi connectivity index (χ1v) is 10.6. The van der Waals surface area contributed by atoms with Gasteiger partial charge in [0.25, 0.3) is 10.0 Å². The molecular weight excluding hydrogens is 445 g/mol. The Labute approximate surface area is 181 Å². The third-order valence-corrected chi connectivity index (χ3v) is 6.30. The number of ether oxygens (including phenoxy) is 1. The molecule has 0 unspecified atom stereocenters. The maximum Gasteiger partial charge on any atom is 0.416 e. The van der Waals surface area contributed by atoms with Crippen LogP contribution in [0.25, 0.3) is 10.8 Å². The van der Waals surface area contributed by atoms with Gasteiger partial charge >= 0.3 is 6.18 Å². The van der Waals surface area contributed by atoms with E-state index in [2.05, 4.69) is 15.0 Å². The fraction of sp³-hybridized carbons (Fsp3) is 0.0952. The molecule has 0 N–H and O–H groups in total. The van der Waals surface area contributed by atoms with Gasteiger partial charge in [0.15, 0.2) is 0 Å². The first kappa shape index (κ1) is 21.5. The quantitative estimate of drug-likeness (QED) is 0.434. The minimum absolute atomic E-state index is 0.106. The summed E-state index contributed by atoms with van der Waals surface area (Å²) in [6, 6.07) is 10.1. The van der Waals surface area contributed by atoms with Crippen LogP contribution in [-0.4, -0.2) is 30.5 Å². The van der Waals surface area contributed by atoms with E-state index in [1.165, 1.54) is 36.8 Å². The van der Waals surface area contributed by atoms with Crippen LogP contribution < -0.4 is 9.04 Å². The number of hydrogen-bond acceptors (Lipinski definition) is 6. The van der Waals surface area contributed by atoms with Gasteiger partial charge in [0, 0.05) is 30.2 Å². The van der Waals surface area contributed by atoms with Crippen molar-refractivity contribution in [2.75, 3.05) is 11.4 Å². The zero-order valence-electron chi connectivity index (χ0n) is 16.5. The minimum atomic E-state index is -4.63. The van der Waals surface area contributed by atoms with Crippen molar-refractivity contribution in [3.63, 3.8) is 0 Å². The van der Waals surface area contributed by atoms with Gasteiger partial charge in [0.1, 0.15) is 11.4 Å². The zero-order chi connectivity index (χ0) is 22.9. The van der Waals surface area contributed by atoms with Crippen LogP contribution in [-0.2, 0) is 16.2 Å². The Morgan fingerprint density at radius 1 is 0.938 bits per heavy atom. The van der Waals surface area contributed by atoms with Crippen molar-refractivity contribution in [3.8, 4) is 5.75 Å². The first-order chi connectivity index (χ1) is 15.2. The number of fused-ring (bicyclic) bond motifs is 1. The van der Waals surface area contributed by atoms with Gasteiger partial charge in [-0.3, -0.25) is 4.98 Å². The van der Waals surface area contributed by atoms with E-state index in [1.807, 2.05) is 0 Å². The van der Waals surface area contributed by atoms with Crippen molar-refractivity contribution < 1.29 is 26.3 Å². The van der Waals surface area contributed by atoms with Gasteiger partial charge in [-0.25, -0.2) is 18.4 Å². The molecule has 164 valence electrons. The summed E-state index contributed by atoms with van der Waals surface area (Å²) in [7, 11) is -3.20. The van der Waals surface area contributed by atoms with Gasteiger partial charge in [-0.15, -0.1) is 0 Å². The van der Waals surface area contributed by atoms with Crippen molar-refractivity contribution in [2.45, 2.75) is 11.1 Å². The van der Waals surface area contributed by atoms with Gasteiger partial charge in [-0.1, -0.05) is 6.07 Å². The SMILES string of the molecule is COc1cc(C(F)(F)F)ccc1N(c1ncccn1)S(=O)(=O)c1ccc2cnccc2c1. The number of rotatable bonds is 5. The van der Waals surface area contributed by atoms with Gasteiger partial charge < -0.3 is 4.74 Å². The minimum Gasteiger partial charge on any atom is -0.495 e. The molecule has 0 spiro atoms. The lowest BCUT2D eigenvalue weighted by molar-refractivity contribution is -0.137. The summed E-state index contributed by atoms with van der Waals surface area (Å²) in [6.07, 6.45) is 1.13. The van der Waals surface area contributed by atoms with E-state index in [4.69, 9.17) is 4.74 Å². The molecule has 4 rings (SSSR count). The Morgan fingerprint density at radius 2 is 1.69 bits per heavy atom. The van der Waals surface area contributed by atoms with Crippen molar-refractivity contribution in [2.24, 2.45) is 0 Å². The third-order valence-electron chi connectivity index (χ3n) is 4.61. The molecule has 0 amide bonds. The summed E-state index contributed by atoms with van der Waals surface area (Å²) >= 11 is 0. The van der Waals surface area contributed by atoms with E-state index < -0.39 is 21.8 Å². The number of halogens is 3. The molecule has 0 aliphatic carbocycles. The average Bonchev–Trinajstić information content (AvgIpc) is 2.79. The number of anilines is 2. The molecule has 0 aliphatic rings. The van der Waals surface area contributed by atoms with Crippen LogP contribution in [0.15, 0.2) is 78.2 Å². The molecule has 0 saturated heterocycles. The highest BCUT2D eigenvalue weighted by Gasteiger charge is 2.35. The van der Waals surface area contributed by atoms with Gasteiger partial charge in [-0.05, 0) is 47.9 Å². The Bertz CT molecular complexity index is 1380. The lowest BCUT2D eigenvalue weighted by Gasteiger charge is -2.24. The summed E-state index contributed by atoms with van der Waals surface area (Å²) in [5.74, 6) is -0.554. The van der Waals surface area contributed by atoms with Crippen molar-refractivity contribution >= 4 is 32.4 Å². The monoisotopic (exact) mass is 460 g/mol. The van der Waals surface area contributed by atoms with Crippen LogP contribution in [0.3, 0.4) is 0 Å². The van der Waals surface area contributed by atoms with Crippen LogP contribution in [0.4, 0.5) is 24.8 Å². The molecule has 11 heteroatoms. The summed E-state index contributed by atoms with van der Waals surface area (Å²) in [4.78, 5) is 11.9. The number of pyridine rings is 1. The molecule has 2 aromatic carbocycles. The second-order valence-corrected chi connectivity index (χ2v) is 8.37. The van der Waals surface area contributed by atoms with Crippen LogP contribution in [0, 0.1) is 0 Å². The number of nitrogens with zero attached hydrogens (tertiary/aromatic N) is 4. The molecule has 0 atom stereocenters. The van der Waals surface area contributed by atoms with Crippen LogP contribution in [0.1, 0.15) is 5.56 Å². The largest absolute Gasteiger partial charge is 0.495 e. The summed E-state index contributed by atoms with van der Waals surface area (Å²) < 4.78 is 72.8. The average molecular weight is 460 g/mol. The molecule has 2 heterocycles. The highest BCUT2D eigenvalue weighted by atomic mass is 32.2. The molecule has 2 aromatic heterocycles. The maximum atomic E-state index is 13.7. The van der Waals surface area contributed by atoms with Crippen molar-refractivity contribution in [3.05, 3.63) is 78.9 Å². The molecule has 0 radical (unpaired) electrons. The summed E-state index contributed by atoms with van der Waals surface area (Å²) in [5, 5.41) is 1.34. The third kappa shape index (κ3) is 3.94. The van der Waals surface area contributed by atoms with E-state index in [1.54, 1.807) is 18.3 Å². The van der Waals surface area contributed by atoms with E-state index in [9.17, 15) is 21.6 Å². The fourth-order valence-electron chi connectivity index (χ4n) is 3.09. The van der Waals surface area contributed by atoms with Gasteiger partial charge in [0.05, 0.1) is 17.6 Å². The molecule has 0 bridgehead atoms. The molecule has 7 nitrogen and oxygen atoms in total. The fourth-order valence-corrected chi connectivity index (χ4v) is 4.54. The lowest BCUT2D eigenvalue weighted by Crippen LogP contribution is -2.28. The topological polar surface area (TPSA) is 85.3 Å². The highest BCUT2D eigenvalue weighted by Crippen LogP contribution is 2.41.